The average molecular weight is 544 g/mol. The molecule has 206 valence electrons. The molecule has 0 radical (unpaired) electrons. The van der Waals surface area contributed by atoms with Crippen LogP contribution in [0.1, 0.15) is 59.4 Å². The number of nitrogens with zero attached hydrogens (tertiary/aromatic N) is 3. The molecule has 0 aliphatic carbocycles. The number of sulfonamides is 1. The number of aromatic nitrogens is 1. The van der Waals surface area contributed by atoms with Crippen LogP contribution in [0, 0.1) is 33.6 Å². The quantitative estimate of drug-likeness (QED) is 0.565. The Morgan fingerprint density at radius 1 is 1.03 bits per heavy atom. The number of aryl methyl sites for hydroxylation is 4. The van der Waals surface area contributed by atoms with Crippen molar-refractivity contribution in [1.82, 2.24) is 14.4 Å². The molecule has 1 aromatic carbocycles. The first-order valence-corrected chi connectivity index (χ1v) is 14.8. The van der Waals surface area contributed by atoms with E-state index in [1.165, 1.54) is 9.87 Å². The molecule has 3 fully saturated rings. The summed E-state index contributed by atoms with van der Waals surface area (Å²) >= 11 is 0. The molecule has 10 heteroatoms. The van der Waals surface area contributed by atoms with Crippen molar-refractivity contribution in [3.8, 4) is 0 Å². The van der Waals surface area contributed by atoms with E-state index in [0.29, 0.717) is 64.2 Å². The summed E-state index contributed by atoms with van der Waals surface area (Å²) in [5.74, 6) is -0.724. The lowest BCUT2D eigenvalue weighted by Crippen LogP contribution is -2.51. The smallest absolute Gasteiger partial charge is 0.248 e. The van der Waals surface area contributed by atoms with Crippen LogP contribution < -0.4 is 0 Å². The van der Waals surface area contributed by atoms with Crippen molar-refractivity contribution in [2.75, 3.05) is 39.4 Å². The van der Waals surface area contributed by atoms with Crippen molar-refractivity contribution in [1.29, 1.82) is 0 Å². The first kappa shape index (κ1) is 27.1. The van der Waals surface area contributed by atoms with Crippen LogP contribution in [-0.4, -0.2) is 73.9 Å². The Labute approximate surface area is 224 Å². The van der Waals surface area contributed by atoms with Gasteiger partial charge in [0.25, 0.3) is 0 Å². The summed E-state index contributed by atoms with van der Waals surface area (Å²) in [5.41, 5.74) is 4.72. The van der Waals surface area contributed by atoms with Gasteiger partial charge in [0.05, 0.1) is 19.1 Å². The van der Waals surface area contributed by atoms with E-state index in [2.05, 4.69) is 24.2 Å². The van der Waals surface area contributed by atoms with Crippen molar-refractivity contribution in [2.24, 2.45) is 5.92 Å². The largest absolute Gasteiger partial charge is 0.355 e. The molecule has 1 aromatic heterocycles. The van der Waals surface area contributed by atoms with Crippen LogP contribution in [0.2, 0.25) is 0 Å². The van der Waals surface area contributed by atoms with Crippen LogP contribution in [-0.2, 0) is 24.3 Å². The molecule has 0 N–H and O–H groups in total. The summed E-state index contributed by atoms with van der Waals surface area (Å²) in [5, 5.41) is 3.98. The summed E-state index contributed by atoms with van der Waals surface area (Å²) in [6.07, 6.45) is 6.14. The summed E-state index contributed by atoms with van der Waals surface area (Å²) < 4.78 is 46.1. The molecule has 5 rings (SSSR count). The van der Waals surface area contributed by atoms with Gasteiger partial charge in [0.2, 0.25) is 15.9 Å². The van der Waals surface area contributed by atoms with Crippen LogP contribution in [0.5, 0.6) is 0 Å². The molecule has 1 amide bonds. The maximum Gasteiger partial charge on any atom is 0.248 e. The van der Waals surface area contributed by atoms with Gasteiger partial charge < -0.3 is 18.9 Å². The van der Waals surface area contributed by atoms with Crippen molar-refractivity contribution in [3.05, 3.63) is 45.8 Å². The second kappa shape index (κ2) is 10.6. The first-order valence-electron chi connectivity index (χ1n) is 13.4. The third-order valence-electron chi connectivity index (χ3n) is 7.95. The fraction of sp³-hybridized carbons (Fsp3) is 0.571. The second-order valence-electron chi connectivity index (χ2n) is 10.7. The summed E-state index contributed by atoms with van der Waals surface area (Å²) in [6.45, 7) is 10.6. The number of benzene rings is 1. The Hall–Kier alpha value is -2.53. The Balaban J connectivity index is 1.32. The number of carbonyl (C=O) groups is 1. The lowest BCUT2D eigenvalue weighted by atomic mass is 9.96. The molecule has 0 unspecified atom stereocenters. The van der Waals surface area contributed by atoms with E-state index in [1.54, 1.807) is 13.0 Å². The SMILES string of the molecule is Cc1cc(C)c(/C=C/c2onc(C)c2S(=O)(=O)N2CCC[C@@H](C(=O)N3CCC4(CC3)OCCO4)C2)c(C)c1. The van der Waals surface area contributed by atoms with Crippen LogP contribution in [0.4, 0.5) is 0 Å². The molecule has 0 saturated carbocycles. The molecule has 3 aliphatic rings. The molecule has 1 spiro atoms. The molecular formula is C28H37N3O6S. The number of rotatable bonds is 5. The molecule has 38 heavy (non-hydrogen) atoms. The molecule has 2 aromatic rings. The summed E-state index contributed by atoms with van der Waals surface area (Å²) in [6, 6.07) is 4.19. The molecule has 1 atom stereocenters. The molecular weight excluding hydrogens is 506 g/mol. The monoisotopic (exact) mass is 543 g/mol. The normalized spacial score (nSPS) is 22.5. The Morgan fingerprint density at radius 2 is 1.68 bits per heavy atom. The number of hydrogen-bond acceptors (Lipinski definition) is 7. The van der Waals surface area contributed by atoms with E-state index < -0.39 is 15.8 Å². The van der Waals surface area contributed by atoms with Gasteiger partial charge in [0.1, 0.15) is 5.69 Å². The van der Waals surface area contributed by atoms with Gasteiger partial charge in [-0.15, -0.1) is 0 Å². The highest BCUT2D eigenvalue weighted by molar-refractivity contribution is 7.89. The van der Waals surface area contributed by atoms with Crippen LogP contribution in [0.3, 0.4) is 0 Å². The van der Waals surface area contributed by atoms with Crippen molar-refractivity contribution in [3.63, 3.8) is 0 Å². The van der Waals surface area contributed by atoms with Gasteiger partial charge in [-0.3, -0.25) is 4.79 Å². The van der Waals surface area contributed by atoms with Gasteiger partial charge in [0, 0.05) is 39.0 Å². The minimum atomic E-state index is -3.91. The predicted octanol–water partition coefficient (Wildman–Crippen LogP) is 3.84. The lowest BCUT2D eigenvalue weighted by Gasteiger charge is -2.40. The van der Waals surface area contributed by atoms with Crippen molar-refractivity contribution < 1.29 is 27.2 Å². The molecule has 3 saturated heterocycles. The second-order valence-corrected chi connectivity index (χ2v) is 12.6. The number of ether oxygens (including phenoxy) is 2. The third-order valence-corrected chi connectivity index (χ3v) is 9.98. The Kier molecular flexibility index (Phi) is 7.52. The Morgan fingerprint density at radius 3 is 2.34 bits per heavy atom. The highest BCUT2D eigenvalue weighted by Crippen LogP contribution is 2.34. The van der Waals surface area contributed by atoms with Crippen molar-refractivity contribution >= 4 is 28.1 Å². The van der Waals surface area contributed by atoms with Gasteiger partial charge in [0.15, 0.2) is 16.4 Å². The number of likely N-dealkylation sites (tertiary alicyclic amines) is 1. The van der Waals surface area contributed by atoms with Crippen molar-refractivity contribution in [2.45, 2.75) is 64.1 Å². The maximum absolute atomic E-state index is 13.8. The standard InChI is InChI=1S/C28H37N3O6S/c1-19-16-20(2)24(21(3)17-19)7-8-25-26(22(4)29-37-25)38(33,34)31-11-5-6-23(18-31)27(32)30-12-9-28(10-13-30)35-14-15-36-28/h7-8,16-17,23H,5-6,9-15,18H2,1-4H3/b8-7+/t23-/m1/s1. The van der Waals surface area contributed by atoms with Gasteiger partial charge in [-0.25, -0.2) is 8.42 Å². The summed E-state index contributed by atoms with van der Waals surface area (Å²) in [7, 11) is -3.91. The summed E-state index contributed by atoms with van der Waals surface area (Å²) in [4.78, 5) is 15.3. The Bertz CT molecular complexity index is 1310. The van der Waals surface area contributed by atoms with Crippen LogP contribution in [0.25, 0.3) is 12.2 Å². The zero-order chi connectivity index (χ0) is 27.1. The third kappa shape index (κ3) is 5.19. The first-order chi connectivity index (χ1) is 18.1. The fourth-order valence-corrected chi connectivity index (χ4v) is 7.79. The number of piperidine rings is 2. The fourth-order valence-electron chi connectivity index (χ4n) is 6.01. The van der Waals surface area contributed by atoms with Gasteiger partial charge in [-0.2, -0.15) is 4.31 Å². The van der Waals surface area contributed by atoms with E-state index in [0.717, 1.165) is 16.7 Å². The van der Waals surface area contributed by atoms with E-state index in [9.17, 15) is 13.2 Å². The van der Waals surface area contributed by atoms with Gasteiger partial charge in [-0.05, 0) is 63.3 Å². The number of amides is 1. The van der Waals surface area contributed by atoms with Crippen LogP contribution >= 0.6 is 0 Å². The number of carbonyl (C=O) groups excluding carboxylic acids is 1. The molecule has 9 nitrogen and oxygen atoms in total. The predicted molar refractivity (Wildman–Crippen MR) is 143 cm³/mol. The van der Waals surface area contributed by atoms with Gasteiger partial charge >= 0.3 is 0 Å². The molecule has 4 heterocycles. The van der Waals surface area contributed by atoms with Crippen LogP contribution in [0.15, 0.2) is 21.6 Å². The van der Waals surface area contributed by atoms with E-state index in [-0.39, 0.29) is 29.0 Å². The molecule has 0 bridgehead atoms. The van der Waals surface area contributed by atoms with E-state index >= 15 is 0 Å². The zero-order valence-corrected chi connectivity index (χ0v) is 23.5. The maximum atomic E-state index is 13.8. The lowest BCUT2D eigenvalue weighted by molar-refractivity contribution is -0.188. The highest BCUT2D eigenvalue weighted by atomic mass is 32.2. The van der Waals surface area contributed by atoms with Gasteiger partial charge in [-0.1, -0.05) is 28.9 Å². The highest BCUT2D eigenvalue weighted by Gasteiger charge is 2.43. The van der Waals surface area contributed by atoms with E-state index in [1.807, 2.05) is 24.8 Å². The topological polar surface area (TPSA) is 102 Å². The zero-order valence-electron chi connectivity index (χ0n) is 22.7. The number of hydrogen-bond donors (Lipinski definition) is 0. The minimum Gasteiger partial charge on any atom is -0.355 e. The average Bonchev–Trinajstić information content (AvgIpc) is 3.50. The minimum absolute atomic E-state index is 0.00484. The van der Waals surface area contributed by atoms with E-state index in [4.69, 9.17) is 14.0 Å². The molecule has 3 aliphatic heterocycles.